The van der Waals surface area contributed by atoms with Gasteiger partial charge in [0.1, 0.15) is 0 Å². The van der Waals surface area contributed by atoms with Crippen molar-refractivity contribution < 1.29 is 9.59 Å². The molecule has 4 heteroatoms. The van der Waals surface area contributed by atoms with E-state index in [1.807, 2.05) is 19.1 Å². The Morgan fingerprint density at radius 3 is 2.76 bits per heavy atom. The molecule has 0 atom stereocenters. The molecule has 21 heavy (non-hydrogen) atoms. The van der Waals surface area contributed by atoms with E-state index >= 15 is 0 Å². The predicted molar refractivity (Wildman–Crippen MR) is 84.5 cm³/mol. The number of fused-ring (bicyclic) bond motifs is 1. The van der Waals surface area contributed by atoms with Gasteiger partial charge in [0.25, 0.3) is 0 Å². The van der Waals surface area contributed by atoms with E-state index in [0.29, 0.717) is 6.42 Å². The van der Waals surface area contributed by atoms with Crippen LogP contribution in [0.25, 0.3) is 0 Å². The monoisotopic (exact) mass is 288 g/mol. The molecule has 4 nitrogen and oxygen atoms in total. The Balaban J connectivity index is 1.83. The first-order valence-corrected chi connectivity index (χ1v) is 7.83. The highest BCUT2D eigenvalue weighted by Crippen LogP contribution is 2.27. The van der Waals surface area contributed by atoms with Gasteiger partial charge in [-0.05, 0) is 49.3 Å². The van der Waals surface area contributed by atoms with Gasteiger partial charge >= 0.3 is 0 Å². The maximum Gasteiger partial charge on any atom is 0.220 e. The molecule has 0 radical (unpaired) electrons. The maximum absolute atomic E-state index is 11.8. The molecule has 0 saturated heterocycles. The molecule has 1 aromatic rings. The molecule has 0 aromatic heterocycles. The van der Waals surface area contributed by atoms with Gasteiger partial charge in [0.2, 0.25) is 5.91 Å². The van der Waals surface area contributed by atoms with Crippen molar-refractivity contribution in [3.63, 3.8) is 0 Å². The molecule has 0 aliphatic heterocycles. The van der Waals surface area contributed by atoms with Crippen molar-refractivity contribution in [2.45, 2.75) is 45.4 Å². The third-order valence-electron chi connectivity index (χ3n) is 3.83. The standard InChI is InChI=1S/C17H24N2O2/c1-2-6-17(21)19-12-14(20)11-18-16-10-5-8-13-7-3-4-9-15(13)16/h5,8,10,18H,2-4,6-7,9,11-12H2,1H3,(H,19,21). The number of rotatable bonds is 7. The Morgan fingerprint density at radius 2 is 1.95 bits per heavy atom. The zero-order chi connectivity index (χ0) is 15.1. The fourth-order valence-electron chi connectivity index (χ4n) is 2.72. The van der Waals surface area contributed by atoms with Gasteiger partial charge in [-0.1, -0.05) is 19.1 Å². The van der Waals surface area contributed by atoms with Gasteiger partial charge in [0, 0.05) is 12.1 Å². The highest BCUT2D eigenvalue weighted by molar-refractivity contribution is 5.88. The second kappa shape index (κ2) is 7.81. The van der Waals surface area contributed by atoms with E-state index in [2.05, 4.69) is 16.7 Å². The molecule has 0 fully saturated rings. The van der Waals surface area contributed by atoms with Crippen molar-refractivity contribution in [1.82, 2.24) is 5.32 Å². The summed E-state index contributed by atoms with van der Waals surface area (Å²) in [5, 5.41) is 5.88. The number of Topliss-reactive ketones (excluding diaryl/α,β-unsaturated/α-hetero) is 1. The summed E-state index contributed by atoms with van der Waals surface area (Å²) < 4.78 is 0. The van der Waals surface area contributed by atoms with Gasteiger partial charge in [-0.2, -0.15) is 0 Å². The number of benzene rings is 1. The SMILES string of the molecule is CCCC(=O)NCC(=O)CNc1cccc2c1CCCC2. The Kier molecular flexibility index (Phi) is 5.78. The third-order valence-corrected chi connectivity index (χ3v) is 3.83. The van der Waals surface area contributed by atoms with Crippen molar-refractivity contribution in [1.29, 1.82) is 0 Å². The molecular formula is C17H24N2O2. The number of nitrogens with one attached hydrogen (secondary N) is 2. The minimum Gasteiger partial charge on any atom is -0.378 e. The summed E-state index contributed by atoms with van der Waals surface area (Å²) in [7, 11) is 0. The summed E-state index contributed by atoms with van der Waals surface area (Å²) in [6, 6.07) is 6.25. The first-order valence-electron chi connectivity index (χ1n) is 7.83. The lowest BCUT2D eigenvalue weighted by Crippen LogP contribution is -2.32. The van der Waals surface area contributed by atoms with Crippen LogP contribution in [0.2, 0.25) is 0 Å². The lowest BCUT2D eigenvalue weighted by Gasteiger charge is -2.20. The minimum atomic E-state index is -0.0528. The van der Waals surface area contributed by atoms with Crippen LogP contribution in [0.3, 0.4) is 0 Å². The summed E-state index contributed by atoms with van der Waals surface area (Å²) in [4.78, 5) is 23.1. The molecule has 0 heterocycles. The van der Waals surface area contributed by atoms with Gasteiger partial charge in [-0.3, -0.25) is 9.59 Å². The van der Waals surface area contributed by atoms with Crippen molar-refractivity contribution in [2.24, 2.45) is 0 Å². The molecule has 0 bridgehead atoms. The maximum atomic E-state index is 11.8. The fraction of sp³-hybridized carbons (Fsp3) is 0.529. The number of amides is 1. The van der Waals surface area contributed by atoms with Crippen molar-refractivity contribution in [2.75, 3.05) is 18.4 Å². The molecule has 2 N–H and O–H groups in total. The summed E-state index contributed by atoms with van der Waals surface area (Å²) in [6.07, 6.45) is 5.96. The van der Waals surface area contributed by atoms with Gasteiger partial charge in [-0.25, -0.2) is 0 Å². The van der Waals surface area contributed by atoms with Crippen LogP contribution < -0.4 is 10.6 Å². The summed E-state index contributed by atoms with van der Waals surface area (Å²) in [6.45, 7) is 2.32. The molecule has 2 rings (SSSR count). The summed E-state index contributed by atoms with van der Waals surface area (Å²) >= 11 is 0. The number of carbonyl (C=O) groups excluding carboxylic acids is 2. The topological polar surface area (TPSA) is 58.2 Å². The first-order chi connectivity index (χ1) is 10.2. The third kappa shape index (κ3) is 4.59. The van der Waals surface area contributed by atoms with Crippen LogP contribution in [-0.2, 0) is 22.4 Å². The van der Waals surface area contributed by atoms with E-state index in [0.717, 1.165) is 24.9 Å². The van der Waals surface area contributed by atoms with Crippen LogP contribution in [0.15, 0.2) is 18.2 Å². The molecule has 114 valence electrons. The Morgan fingerprint density at radius 1 is 1.14 bits per heavy atom. The van der Waals surface area contributed by atoms with Gasteiger partial charge in [0.05, 0.1) is 13.1 Å². The van der Waals surface area contributed by atoms with Crippen LogP contribution in [0.1, 0.15) is 43.7 Å². The van der Waals surface area contributed by atoms with Crippen LogP contribution in [0.4, 0.5) is 5.69 Å². The van der Waals surface area contributed by atoms with Crippen LogP contribution in [-0.4, -0.2) is 24.8 Å². The molecule has 0 unspecified atom stereocenters. The van der Waals surface area contributed by atoms with E-state index in [4.69, 9.17) is 0 Å². The highest BCUT2D eigenvalue weighted by atomic mass is 16.2. The Bertz CT molecular complexity index is 512. The number of anilines is 1. The smallest absolute Gasteiger partial charge is 0.220 e. The van der Waals surface area contributed by atoms with Crippen molar-refractivity contribution in [3.05, 3.63) is 29.3 Å². The molecule has 1 aromatic carbocycles. The van der Waals surface area contributed by atoms with Crippen molar-refractivity contribution in [3.8, 4) is 0 Å². The zero-order valence-electron chi connectivity index (χ0n) is 12.7. The summed E-state index contributed by atoms with van der Waals surface area (Å²) in [5.41, 5.74) is 3.82. The number of hydrogen-bond acceptors (Lipinski definition) is 3. The quantitative estimate of drug-likeness (QED) is 0.810. The van der Waals surface area contributed by atoms with Crippen LogP contribution >= 0.6 is 0 Å². The van der Waals surface area contributed by atoms with E-state index in [9.17, 15) is 9.59 Å². The fourth-order valence-corrected chi connectivity index (χ4v) is 2.72. The van der Waals surface area contributed by atoms with E-state index in [-0.39, 0.29) is 24.8 Å². The highest BCUT2D eigenvalue weighted by Gasteiger charge is 2.13. The van der Waals surface area contributed by atoms with Crippen molar-refractivity contribution >= 4 is 17.4 Å². The molecule has 1 amide bonds. The van der Waals surface area contributed by atoms with Crippen LogP contribution in [0.5, 0.6) is 0 Å². The molecule has 1 aliphatic carbocycles. The van der Waals surface area contributed by atoms with E-state index in [1.54, 1.807) is 0 Å². The van der Waals surface area contributed by atoms with Gasteiger partial charge in [-0.15, -0.1) is 0 Å². The van der Waals surface area contributed by atoms with Gasteiger partial charge < -0.3 is 10.6 Å². The molecular weight excluding hydrogens is 264 g/mol. The predicted octanol–water partition coefficient (Wildman–Crippen LogP) is 2.46. The number of ketones is 1. The van der Waals surface area contributed by atoms with Crippen LogP contribution in [0, 0.1) is 0 Å². The largest absolute Gasteiger partial charge is 0.378 e. The lowest BCUT2D eigenvalue weighted by molar-refractivity contribution is -0.124. The summed E-state index contributed by atoms with van der Waals surface area (Å²) in [5.74, 6) is -0.0456. The number of carbonyl (C=O) groups is 2. The molecule has 0 spiro atoms. The normalized spacial score (nSPS) is 13.4. The second-order valence-corrected chi connectivity index (χ2v) is 5.57. The number of hydrogen-bond donors (Lipinski definition) is 2. The Labute approximate surface area is 126 Å². The van der Waals surface area contributed by atoms with E-state index in [1.165, 1.54) is 24.0 Å². The minimum absolute atomic E-state index is 0.00728. The van der Waals surface area contributed by atoms with Gasteiger partial charge in [0.15, 0.2) is 5.78 Å². The molecule has 1 aliphatic rings. The average molecular weight is 288 g/mol. The lowest BCUT2D eigenvalue weighted by atomic mass is 9.90. The second-order valence-electron chi connectivity index (χ2n) is 5.57. The molecule has 0 saturated carbocycles. The van der Waals surface area contributed by atoms with E-state index < -0.39 is 0 Å². The number of aryl methyl sites for hydroxylation is 1. The zero-order valence-corrected chi connectivity index (χ0v) is 12.7. The first kappa shape index (κ1) is 15.5. The Hall–Kier alpha value is -1.84. The average Bonchev–Trinajstić information content (AvgIpc) is 2.51.